The lowest BCUT2D eigenvalue weighted by Crippen LogP contribution is -2.06. The number of benzene rings is 1. The molecule has 0 aliphatic carbocycles. The molecule has 1 aromatic carbocycles. The standard InChI is InChI=1S/C15H19F2N3O2/c1-10-5-12(6-11(2)14(10)22-15(16)17)7-18-13-8-19-20(9-13)3-4-21/h5-6,8-9,15,18,21H,3-4,7H2,1-2H3. The van der Waals surface area contributed by atoms with E-state index in [1.54, 1.807) is 30.9 Å². The van der Waals surface area contributed by atoms with Gasteiger partial charge >= 0.3 is 6.61 Å². The van der Waals surface area contributed by atoms with E-state index in [4.69, 9.17) is 5.11 Å². The zero-order chi connectivity index (χ0) is 16.1. The number of rotatable bonds is 7. The second-order valence-electron chi connectivity index (χ2n) is 5.01. The number of aliphatic hydroxyl groups excluding tert-OH is 1. The molecule has 2 N–H and O–H groups in total. The molecule has 0 saturated heterocycles. The highest BCUT2D eigenvalue weighted by Crippen LogP contribution is 2.26. The van der Waals surface area contributed by atoms with E-state index in [-0.39, 0.29) is 12.4 Å². The van der Waals surface area contributed by atoms with Crippen molar-refractivity contribution in [2.45, 2.75) is 33.5 Å². The highest BCUT2D eigenvalue weighted by molar-refractivity contribution is 5.45. The zero-order valence-electron chi connectivity index (χ0n) is 12.5. The summed E-state index contributed by atoms with van der Waals surface area (Å²) >= 11 is 0. The Balaban J connectivity index is 2.03. The third-order valence-electron chi connectivity index (χ3n) is 3.19. The van der Waals surface area contributed by atoms with E-state index in [1.807, 2.05) is 12.1 Å². The molecule has 0 atom stereocenters. The molecule has 0 unspecified atom stereocenters. The highest BCUT2D eigenvalue weighted by Gasteiger charge is 2.11. The number of aromatic nitrogens is 2. The van der Waals surface area contributed by atoms with Crippen molar-refractivity contribution in [2.75, 3.05) is 11.9 Å². The first-order chi connectivity index (χ1) is 10.5. The quantitative estimate of drug-likeness (QED) is 0.825. The first-order valence-electron chi connectivity index (χ1n) is 6.91. The Morgan fingerprint density at radius 1 is 1.32 bits per heavy atom. The first kappa shape index (κ1) is 16.2. The van der Waals surface area contributed by atoms with Crippen LogP contribution >= 0.6 is 0 Å². The summed E-state index contributed by atoms with van der Waals surface area (Å²) in [6, 6.07) is 3.63. The molecular formula is C15H19F2N3O2. The van der Waals surface area contributed by atoms with E-state index in [0.717, 1.165) is 11.3 Å². The SMILES string of the molecule is Cc1cc(CNc2cnn(CCO)c2)cc(C)c1OC(F)F. The minimum Gasteiger partial charge on any atom is -0.434 e. The van der Waals surface area contributed by atoms with Crippen LogP contribution in [0, 0.1) is 13.8 Å². The summed E-state index contributed by atoms with van der Waals surface area (Å²) in [7, 11) is 0. The molecule has 2 rings (SSSR count). The highest BCUT2D eigenvalue weighted by atomic mass is 19.3. The van der Waals surface area contributed by atoms with Gasteiger partial charge in [0.05, 0.1) is 25.0 Å². The van der Waals surface area contributed by atoms with Crippen LogP contribution in [0.25, 0.3) is 0 Å². The second kappa shape index (κ2) is 7.22. The van der Waals surface area contributed by atoms with Crippen molar-refractivity contribution in [1.82, 2.24) is 9.78 Å². The van der Waals surface area contributed by atoms with E-state index in [9.17, 15) is 8.78 Å². The molecule has 0 fully saturated rings. The van der Waals surface area contributed by atoms with Crippen LogP contribution in [0.15, 0.2) is 24.5 Å². The maximum Gasteiger partial charge on any atom is 0.387 e. The van der Waals surface area contributed by atoms with Crippen molar-refractivity contribution in [3.05, 3.63) is 41.2 Å². The van der Waals surface area contributed by atoms with Crippen molar-refractivity contribution in [3.63, 3.8) is 0 Å². The zero-order valence-corrected chi connectivity index (χ0v) is 12.5. The van der Waals surface area contributed by atoms with E-state index in [2.05, 4.69) is 15.2 Å². The van der Waals surface area contributed by atoms with Crippen LogP contribution < -0.4 is 10.1 Å². The van der Waals surface area contributed by atoms with Gasteiger partial charge in [0.25, 0.3) is 0 Å². The fourth-order valence-electron chi connectivity index (χ4n) is 2.30. The lowest BCUT2D eigenvalue weighted by atomic mass is 10.1. The average molecular weight is 311 g/mol. The van der Waals surface area contributed by atoms with Crippen LogP contribution in [0.4, 0.5) is 14.5 Å². The van der Waals surface area contributed by atoms with Gasteiger partial charge < -0.3 is 15.2 Å². The lowest BCUT2D eigenvalue weighted by Gasteiger charge is -2.13. The maximum absolute atomic E-state index is 12.4. The van der Waals surface area contributed by atoms with Crippen LogP contribution in [0.1, 0.15) is 16.7 Å². The Bertz CT molecular complexity index is 606. The molecule has 0 saturated carbocycles. The van der Waals surface area contributed by atoms with Crippen LogP contribution in [0.2, 0.25) is 0 Å². The Hall–Kier alpha value is -2.15. The number of halogens is 2. The molecule has 0 bridgehead atoms. The van der Waals surface area contributed by atoms with Gasteiger partial charge in [-0.05, 0) is 30.5 Å². The van der Waals surface area contributed by atoms with Crippen molar-refractivity contribution in [1.29, 1.82) is 0 Å². The summed E-state index contributed by atoms with van der Waals surface area (Å²) in [6.45, 7) is 1.69. The summed E-state index contributed by atoms with van der Waals surface area (Å²) in [6.07, 6.45) is 3.47. The summed E-state index contributed by atoms with van der Waals surface area (Å²) in [5.41, 5.74) is 3.14. The van der Waals surface area contributed by atoms with Crippen molar-refractivity contribution in [2.24, 2.45) is 0 Å². The second-order valence-corrected chi connectivity index (χ2v) is 5.01. The molecule has 0 aliphatic heterocycles. The number of hydrogen-bond acceptors (Lipinski definition) is 4. The van der Waals surface area contributed by atoms with Crippen molar-refractivity contribution in [3.8, 4) is 5.75 Å². The Morgan fingerprint density at radius 2 is 2.00 bits per heavy atom. The number of anilines is 1. The van der Waals surface area contributed by atoms with E-state index >= 15 is 0 Å². The maximum atomic E-state index is 12.4. The van der Waals surface area contributed by atoms with Crippen molar-refractivity contribution >= 4 is 5.69 Å². The molecule has 22 heavy (non-hydrogen) atoms. The summed E-state index contributed by atoms with van der Waals surface area (Å²) < 4.78 is 30.9. The van der Waals surface area contributed by atoms with Crippen molar-refractivity contribution < 1.29 is 18.6 Å². The molecule has 0 spiro atoms. The largest absolute Gasteiger partial charge is 0.434 e. The van der Waals surface area contributed by atoms with Gasteiger partial charge in [0, 0.05) is 12.7 Å². The van der Waals surface area contributed by atoms with E-state index < -0.39 is 6.61 Å². The fourth-order valence-corrected chi connectivity index (χ4v) is 2.30. The minimum absolute atomic E-state index is 0.0328. The Kier molecular flexibility index (Phi) is 5.32. The Morgan fingerprint density at radius 3 is 2.59 bits per heavy atom. The van der Waals surface area contributed by atoms with Gasteiger partial charge in [-0.25, -0.2) is 0 Å². The number of alkyl halides is 2. The molecule has 120 valence electrons. The van der Waals surface area contributed by atoms with Gasteiger partial charge in [-0.15, -0.1) is 0 Å². The molecule has 0 radical (unpaired) electrons. The average Bonchev–Trinajstić information content (AvgIpc) is 2.88. The van der Waals surface area contributed by atoms with Crippen LogP contribution in [0.5, 0.6) is 5.75 Å². The molecule has 0 aliphatic rings. The van der Waals surface area contributed by atoms with E-state index in [1.165, 1.54) is 0 Å². The van der Waals surface area contributed by atoms with Crippen LogP contribution in [0.3, 0.4) is 0 Å². The monoisotopic (exact) mass is 311 g/mol. The number of aryl methyl sites for hydroxylation is 2. The predicted molar refractivity (Wildman–Crippen MR) is 79.2 cm³/mol. The van der Waals surface area contributed by atoms with Gasteiger partial charge in [-0.3, -0.25) is 4.68 Å². The van der Waals surface area contributed by atoms with Gasteiger partial charge in [-0.2, -0.15) is 13.9 Å². The lowest BCUT2D eigenvalue weighted by molar-refractivity contribution is -0.0507. The number of aliphatic hydroxyl groups is 1. The number of nitrogens with zero attached hydrogens (tertiary/aromatic N) is 2. The summed E-state index contributed by atoms with van der Waals surface area (Å²) in [5, 5.41) is 16.1. The van der Waals surface area contributed by atoms with Gasteiger partial charge in [0.1, 0.15) is 5.75 Å². The molecule has 1 aromatic heterocycles. The Labute approximate surface area is 127 Å². The summed E-state index contributed by atoms with van der Waals surface area (Å²) in [4.78, 5) is 0. The molecule has 7 heteroatoms. The fraction of sp³-hybridized carbons (Fsp3) is 0.400. The number of hydrogen-bond donors (Lipinski definition) is 2. The molecule has 2 aromatic rings. The molecular weight excluding hydrogens is 292 g/mol. The van der Waals surface area contributed by atoms with Gasteiger partial charge in [0.2, 0.25) is 0 Å². The smallest absolute Gasteiger partial charge is 0.387 e. The molecule has 0 amide bonds. The third-order valence-corrected chi connectivity index (χ3v) is 3.19. The normalized spacial score (nSPS) is 11.0. The topological polar surface area (TPSA) is 59.3 Å². The number of ether oxygens (including phenoxy) is 1. The molecule has 5 nitrogen and oxygen atoms in total. The van der Waals surface area contributed by atoms with Crippen LogP contribution in [-0.4, -0.2) is 28.1 Å². The first-order valence-corrected chi connectivity index (χ1v) is 6.91. The molecule has 1 heterocycles. The minimum atomic E-state index is -2.82. The van der Waals surface area contributed by atoms with E-state index in [0.29, 0.717) is 24.2 Å². The summed E-state index contributed by atoms with van der Waals surface area (Å²) in [5.74, 6) is 0.231. The van der Waals surface area contributed by atoms with Gasteiger partial charge in [-0.1, -0.05) is 12.1 Å². The third kappa shape index (κ3) is 4.17. The predicted octanol–water partition coefficient (Wildman–Crippen LogP) is 2.71. The van der Waals surface area contributed by atoms with Crippen LogP contribution in [-0.2, 0) is 13.1 Å². The number of nitrogens with one attached hydrogen (secondary N) is 1. The van der Waals surface area contributed by atoms with Gasteiger partial charge in [0.15, 0.2) is 0 Å².